The van der Waals surface area contributed by atoms with E-state index in [9.17, 15) is 14.5 Å². The van der Waals surface area contributed by atoms with Crippen LogP contribution in [0.5, 0.6) is 0 Å². The summed E-state index contributed by atoms with van der Waals surface area (Å²) in [5.41, 5.74) is 5.93. The van der Waals surface area contributed by atoms with Crippen LogP contribution in [0.25, 0.3) is 0 Å². The smallest absolute Gasteiger partial charge is 0.295 e. The molecular formula is C13H17BrFN3O3. The second-order valence-electron chi connectivity index (χ2n) is 4.98. The molecule has 2 rings (SSSR count). The van der Waals surface area contributed by atoms with Gasteiger partial charge in [-0.3, -0.25) is 10.1 Å². The highest BCUT2D eigenvalue weighted by atomic mass is 79.9. The van der Waals surface area contributed by atoms with E-state index in [2.05, 4.69) is 15.9 Å². The van der Waals surface area contributed by atoms with Gasteiger partial charge in [0.15, 0.2) is 0 Å². The molecule has 1 aliphatic heterocycles. The second-order valence-corrected chi connectivity index (χ2v) is 5.83. The van der Waals surface area contributed by atoms with Gasteiger partial charge in [-0.25, -0.2) is 4.39 Å². The molecule has 0 radical (unpaired) electrons. The molecule has 0 saturated carbocycles. The third-order valence-corrected chi connectivity index (χ3v) is 4.40. The number of halogens is 2. The number of benzene rings is 1. The number of nitro benzene ring substituents is 1. The molecule has 21 heavy (non-hydrogen) atoms. The highest BCUT2D eigenvalue weighted by molar-refractivity contribution is 9.10. The first-order valence-electron chi connectivity index (χ1n) is 6.60. The third kappa shape index (κ3) is 3.33. The molecule has 1 fully saturated rings. The lowest BCUT2D eigenvalue weighted by Crippen LogP contribution is -2.48. The van der Waals surface area contributed by atoms with Crippen LogP contribution >= 0.6 is 15.9 Å². The summed E-state index contributed by atoms with van der Waals surface area (Å²) in [5, 5.41) is 11.2. The fraction of sp³-hybridized carbons (Fsp3) is 0.538. The molecule has 6 nitrogen and oxygen atoms in total. The zero-order chi connectivity index (χ0) is 15.6. The van der Waals surface area contributed by atoms with Crippen molar-refractivity contribution >= 4 is 27.3 Å². The first kappa shape index (κ1) is 16.1. The van der Waals surface area contributed by atoms with Crippen LogP contribution in [-0.2, 0) is 4.74 Å². The van der Waals surface area contributed by atoms with Gasteiger partial charge < -0.3 is 15.4 Å². The summed E-state index contributed by atoms with van der Waals surface area (Å²) in [7, 11) is 1.64. The van der Waals surface area contributed by atoms with Crippen LogP contribution in [0, 0.1) is 15.9 Å². The number of hydrogen-bond donors (Lipinski definition) is 1. The predicted octanol–water partition coefficient (Wildman–Crippen LogP) is 2.44. The van der Waals surface area contributed by atoms with Crippen molar-refractivity contribution in [2.75, 3.05) is 25.1 Å². The van der Waals surface area contributed by atoms with Gasteiger partial charge in [-0.2, -0.15) is 0 Å². The molecule has 8 heteroatoms. The Morgan fingerprint density at radius 2 is 2.33 bits per heavy atom. The predicted molar refractivity (Wildman–Crippen MR) is 81.0 cm³/mol. The molecule has 0 amide bonds. The highest BCUT2D eigenvalue weighted by Gasteiger charge is 2.32. The molecule has 2 N–H and O–H groups in total. The summed E-state index contributed by atoms with van der Waals surface area (Å²) in [6.45, 7) is 0.936. The van der Waals surface area contributed by atoms with Crippen LogP contribution in [-0.4, -0.2) is 37.3 Å². The SMILES string of the molecule is COC1CCN(c2cc(Br)c(F)cc2[N+](=O)[O-])C(CN)C1. The Hall–Kier alpha value is -1.25. The average molecular weight is 362 g/mol. The third-order valence-electron chi connectivity index (χ3n) is 3.80. The number of rotatable bonds is 4. The first-order chi connectivity index (χ1) is 9.97. The zero-order valence-corrected chi connectivity index (χ0v) is 13.2. The number of nitro groups is 1. The molecule has 2 unspecified atom stereocenters. The van der Waals surface area contributed by atoms with Gasteiger partial charge >= 0.3 is 0 Å². The number of nitrogens with zero attached hydrogens (tertiary/aromatic N) is 2. The van der Waals surface area contributed by atoms with Gasteiger partial charge in [-0.05, 0) is 34.8 Å². The van der Waals surface area contributed by atoms with Crippen molar-refractivity contribution in [3.05, 3.63) is 32.5 Å². The summed E-state index contributed by atoms with van der Waals surface area (Å²) < 4.78 is 19.1. The lowest BCUT2D eigenvalue weighted by Gasteiger charge is -2.39. The quantitative estimate of drug-likeness (QED) is 0.657. The molecule has 0 aromatic heterocycles. The summed E-state index contributed by atoms with van der Waals surface area (Å²) in [6, 6.07) is 2.32. The van der Waals surface area contributed by atoms with Crippen LogP contribution in [0.3, 0.4) is 0 Å². The average Bonchev–Trinajstić information content (AvgIpc) is 2.48. The summed E-state index contributed by atoms with van der Waals surface area (Å²) in [6.07, 6.45) is 1.54. The van der Waals surface area contributed by atoms with Crippen LogP contribution < -0.4 is 10.6 Å². The molecule has 1 aromatic rings. The van der Waals surface area contributed by atoms with Crippen molar-refractivity contribution in [1.82, 2.24) is 0 Å². The van der Waals surface area contributed by atoms with Crippen molar-refractivity contribution < 1.29 is 14.1 Å². The standard InChI is InChI=1S/C13H17BrFN3O3/c1-21-9-2-3-17(8(4-9)7-16)12-5-10(14)11(15)6-13(12)18(19)20/h5-6,8-9H,2-4,7,16H2,1H3. The minimum Gasteiger partial charge on any atom is -0.381 e. The van der Waals surface area contributed by atoms with Crippen molar-refractivity contribution in [3.63, 3.8) is 0 Å². The molecule has 0 spiro atoms. The summed E-state index contributed by atoms with van der Waals surface area (Å²) in [4.78, 5) is 12.5. The van der Waals surface area contributed by atoms with Crippen molar-refractivity contribution in [1.29, 1.82) is 0 Å². The van der Waals surface area contributed by atoms with Crippen LogP contribution in [0.2, 0.25) is 0 Å². The minimum atomic E-state index is -0.651. The van der Waals surface area contributed by atoms with E-state index >= 15 is 0 Å². The number of piperidine rings is 1. The Bertz CT molecular complexity index is 544. The van der Waals surface area contributed by atoms with E-state index in [1.807, 2.05) is 4.90 Å². The van der Waals surface area contributed by atoms with E-state index in [1.54, 1.807) is 7.11 Å². The monoisotopic (exact) mass is 361 g/mol. The lowest BCUT2D eigenvalue weighted by molar-refractivity contribution is -0.384. The Labute approximate surface area is 130 Å². The van der Waals surface area contributed by atoms with Gasteiger partial charge in [0.1, 0.15) is 11.5 Å². The largest absolute Gasteiger partial charge is 0.381 e. The fourth-order valence-electron chi connectivity index (χ4n) is 2.67. The van der Waals surface area contributed by atoms with E-state index < -0.39 is 10.7 Å². The number of anilines is 1. The molecule has 2 atom stereocenters. The van der Waals surface area contributed by atoms with Crippen LogP contribution in [0.1, 0.15) is 12.8 Å². The number of nitrogens with two attached hydrogens (primary N) is 1. The van der Waals surface area contributed by atoms with E-state index in [-0.39, 0.29) is 22.3 Å². The van der Waals surface area contributed by atoms with Crippen molar-refractivity contribution in [2.24, 2.45) is 5.73 Å². The molecule has 0 aliphatic carbocycles. The van der Waals surface area contributed by atoms with Gasteiger partial charge in [0, 0.05) is 26.2 Å². The summed E-state index contributed by atoms with van der Waals surface area (Å²) in [5.74, 6) is -0.651. The van der Waals surface area contributed by atoms with Crippen LogP contribution in [0.15, 0.2) is 16.6 Å². The number of methoxy groups -OCH3 is 1. The van der Waals surface area contributed by atoms with Crippen molar-refractivity contribution in [2.45, 2.75) is 25.0 Å². The molecule has 1 aromatic carbocycles. The normalized spacial score (nSPS) is 22.4. The van der Waals surface area contributed by atoms with Gasteiger partial charge in [-0.15, -0.1) is 0 Å². The van der Waals surface area contributed by atoms with E-state index in [0.29, 0.717) is 25.2 Å². The molecule has 1 aliphatic rings. The summed E-state index contributed by atoms with van der Waals surface area (Å²) >= 11 is 3.08. The van der Waals surface area contributed by atoms with Gasteiger partial charge in [0.05, 0.1) is 21.6 Å². The van der Waals surface area contributed by atoms with Crippen molar-refractivity contribution in [3.8, 4) is 0 Å². The van der Waals surface area contributed by atoms with E-state index in [0.717, 1.165) is 12.5 Å². The Kier molecular flexibility index (Phi) is 5.13. The molecule has 116 valence electrons. The second kappa shape index (κ2) is 6.67. The zero-order valence-electron chi connectivity index (χ0n) is 11.6. The Balaban J connectivity index is 2.40. The maximum Gasteiger partial charge on any atom is 0.295 e. The first-order valence-corrected chi connectivity index (χ1v) is 7.40. The number of hydrogen-bond acceptors (Lipinski definition) is 5. The molecule has 1 heterocycles. The maximum absolute atomic E-state index is 13.6. The fourth-order valence-corrected chi connectivity index (χ4v) is 3.00. The maximum atomic E-state index is 13.6. The highest BCUT2D eigenvalue weighted by Crippen LogP contribution is 2.36. The van der Waals surface area contributed by atoms with E-state index in [1.165, 1.54) is 6.07 Å². The Morgan fingerprint density at radius 3 is 2.90 bits per heavy atom. The van der Waals surface area contributed by atoms with E-state index in [4.69, 9.17) is 10.5 Å². The minimum absolute atomic E-state index is 0.0697. The Morgan fingerprint density at radius 1 is 1.62 bits per heavy atom. The molecule has 1 saturated heterocycles. The van der Waals surface area contributed by atoms with Gasteiger partial charge in [0.2, 0.25) is 0 Å². The molecular weight excluding hydrogens is 345 g/mol. The van der Waals surface area contributed by atoms with Gasteiger partial charge in [0.25, 0.3) is 5.69 Å². The van der Waals surface area contributed by atoms with Gasteiger partial charge in [-0.1, -0.05) is 0 Å². The molecule has 0 bridgehead atoms. The lowest BCUT2D eigenvalue weighted by atomic mass is 9.98. The topological polar surface area (TPSA) is 81.6 Å². The number of ether oxygens (including phenoxy) is 1. The van der Waals surface area contributed by atoms with Crippen LogP contribution in [0.4, 0.5) is 15.8 Å².